The van der Waals surface area contributed by atoms with Crippen LogP contribution in [0, 0.1) is 0 Å². The van der Waals surface area contributed by atoms with Crippen LogP contribution in [0.1, 0.15) is 6.42 Å². The lowest BCUT2D eigenvalue weighted by molar-refractivity contribution is 0.151. The van der Waals surface area contributed by atoms with Gasteiger partial charge in [-0.3, -0.25) is 4.90 Å². The molecule has 0 unspecified atom stereocenters. The van der Waals surface area contributed by atoms with Crippen molar-refractivity contribution in [2.75, 3.05) is 51.9 Å². The van der Waals surface area contributed by atoms with E-state index in [2.05, 4.69) is 4.90 Å². The van der Waals surface area contributed by atoms with Gasteiger partial charge < -0.3 is 10.5 Å². The normalized spacial score (nSPS) is 12.3. The third-order valence-corrected chi connectivity index (χ3v) is 2.99. The molecule has 5 nitrogen and oxygen atoms in total. The van der Waals surface area contributed by atoms with E-state index in [1.807, 2.05) is 0 Å². The smallest absolute Gasteiger partial charge is 0.148 e. The maximum Gasteiger partial charge on any atom is 0.148 e. The Morgan fingerprint density at radius 2 is 1.93 bits per heavy atom. The van der Waals surface area contributed by atoms with E-state index in [-0.39, 0.29) is 5.75 Å². The zero-order valence-corrected chi connectivity index (χ0v) is 10.4. The molecule has 0 amide bonds. The molecule has 0 radical (unpaired) electrons. The number of ether oxygens (including phenoxy) is 1. The molecule has 0 saturated carbocycles. The van der Waals surface area contributed by atoms with Crippen molar-refractivity contribution < 1.29 is 13.2 Å². The van der Waals surface area contributed by atoms with E-state index in [1.165, 1.54) is 6.26 Å². The van der Waals surface area contributed by atoms with Crippen molar-refractivity contribution in [1.29, 1.82) is 0 Å². The van der Waals surface area contributed by atoms with Crippen molar-refractivity contribution in [3.63, 3.8) is 0 Å². The first kappa shape index (κ1) is 14.8. The molecule has 0 spiro atoms. The van der Waals surface area contributed by atoms with Crippen molar-refractivity contribution >= 4 is 9.84 Å². The Morgan fingerprint density at radius 1 is 1.27 bits per heavy atom. The number of hydrogen-bond acceptors (Lipinski definition) is 5. The van der Waals surface area contributed by atoms with E-state index < -0.39 is 9.84 Å². The first-order valence-corrected chi connectivity index (χ1v) is 7.14. The summed E-state index contributed by atoms with van der Waals surface area (Å²) in [4.78, 5) is 2.07. The first-order valence-electron chi connectivity index (χ1n) is 5.08. The number of hydrogen-bond donors (Lipinski definition) is 1. The molecule has 2 N–H and O–H groups in total. The summed E-state index contributed by atoms with van der Waals surface area (Å²) in [6.45, 7) is 3.39. The second-order valence-corrected chi connectivity index (χ2v) is 5.87. The lowest BCUT2D eigenvalue weighted by Gasteiger charge is -2.20. The van der Waals surface area contributed by atoms with Crippen LogP contribution in [0.3, 0.4) is 0 Å². The molecule has 0 bridgehead atoms. The largest absolute Gasteiger partial charge is 0.383 e. The molecule has 0 aromatic heterocycles. The van der Waals surface area contributed by atoms with E-state index in [0.29, 0.717) is 19.7 Å². The second kappa shape index (κ2) is 8.04. The maximum absolute atomic E-state index is 11.0. The lowest BCUT2D eigenvalue weighted by Crippen LogP contribution is -2.33. The summed E-state index contributed by atoms with van der Waals surface area (Å²) in [6, 6.07) is 0. The highest BCUT2D eigenvalue weighted by atomic mass is 32.2. The molecule has 0 aromatic carbocycles. The van der Waals surface area contributed by atoms with Gasteiger partial charge in [-0.15, -0.1) is 0 Å². The fraction of sp³-hybridized carbons (Fsp3) is 1.00. The summed E-state index contributed by atoms with van der Waals surface area (Å²) < 4.78 is 27.0. The van der Waals surface area contributed by atoms with Crippen LogP contribution in [0.2, 0.25) is 0 Å². The summed E-state index contributed by atoms with van der Waals surface area (Å²) in [5.74, 6) is 0.196. The van der Waals surface area contributed by atoms with E-state index in [9.17, 15) is 8.42 Å². The molecule has 0 fully saturated rings. The summed E-state index contributed by atoms with van der Waals surface area (Å²) in [6.07, 6.45) is 2.14. The van der Waals surface area contributed by atoms with Crippen LogP contribution in [0.5, 0.6) is 0 Å². The first-order chi connectivity index (χ1) is 6.99. The zero-order chi connectivity index (χ0) is 11.7. The van der Waals surface area contributed by atoms with Crippen LogP contribution in [0.15, 0.2) is 0 Å². The van der Waals surface area contributed by atoms with Crippen LogP contribution in [0.25, 0.3) is 0 Å². The maximum atomic E-state index is 11.0. The van der Waals surface area contributed by atoms with Gasteiger partial charge in [0.1, 0.15) is 9.84 Å². The number of sulfone groups is 1. The van der Waals surface area contributed by atoms with E-state index in [0.717, 1.165) is 19.5 Å². The number of nitrogens with two attached hydrogens (primary N) is 1. The third-order valence-electron chi connectivity index (χ3n) is 2.07. The number of nitrogens with zero attached hydrogens (tertiary/aromatic N) is 1. The minimum atomic E-state index is -2.88. The summed E-state index contributed by atoms with van der Waals surface area (Å²) in [5, 5.41) is 0. The Morgan fingerprint density at radius 3 is 2.40 bits per heavy atom. The fourth-order valence-electron chi connectivity index (χ4n) is 1.17. The minimum absolute atomic E-state index is 0.196. The van der Waals surface area contributed by atoms with Crippen LogP contribution >= 0.6 is 0 Å². The molecule has 0 aliphatic heterocycles. The van der Waals surface area contributed by atoms with E-state index in [4.69, 9.17) is 10.5 Å². The van der Waals surface area contributed by atoms with Gasteiger partial charge in [0.15, 0.2) is 0 Å². The number of methoxy groups -OCH3 is 1. The predicted octanol–water partition coefficient (Wildman–Crippen LogP) is -0.672. The van der Waals surface area contributed by atoms with Gasteiger partial charge in [0, 0.05) is 26.5 Å². The molecule has 6 heteroatoms. The Kier molecular flexibility index (Phi) is 7.95. The molecule has 0 aliphatic carbocycles. The van der Waals surface area contributed by atoms with Gasteiger partial charge in [-0.1, -0.05) is 0 Å². The monoisotopic (exact) mass is 238 g/mol. The van der Waals surface area contributed by atoms with Crippen LogP contribution in [0.4, 0.5) is 0 Å². The van der Waals surface area contributed by atoms with Crippen molar-refractivity contribution in [3.8, 4) is 0 Å². The number of rotatable bonds is 9. The van der Waals surface area contributed by atoms with Crippen LogP contribution in [-0.2, 0) is 14.6 Å². The standard InChI is InChI=1S/C9H22N2O3S/c1-14-8-6-11(5-3-4-10)7-9-15(2,12)13/h3-10H2,1-2H3. The van der Waals surface area contributed by atoms with Gasteiger partial charge in [-0.25, -0.2) is 8.42 Å². The highest BCUT2D eigenvalue weighted by Gasteiger charge is 2.08. The molecule has 15 heavy (non-hydrogen) atoms. The highest BCUT2D eigenvalue weighted by Crippen LogP contribution is 1.94. The topological polar surface area (TPSA) is 72.6 Å². The van der Waals surface area contributed by atoms with Gasteiger partial charge >= 0.3 is 0 Å². The zero-order valence-electron chi connectivity index (χ0n) is 9.61. The van der Waals surface area contributed by atoms with Crippen LogP contribution in [-0.4, -0.2) is 65.2 Å². The lowest BCUT2D eigenvalue weighted by atomic mass is 10.4. The van der Waals surface area contributed by atoms with Gasteiger partial charge in [-0.05, 0) is 19.5 Å². The van der Waals surface area contributed by atoms with Crippen LogP contribution < -0.4 is 5.73 Å². The summed E-state index contributed by atoms with van der Waals surface area (Å²) >= 11 is 0. The Hall–Kier alpha value is -0.170. The average Bonchev–Trinajstić information content (AvgIpc) is 2.15. The van der Waals surface area contributed by atoms with Gasteiger partial charge in [0.05, 0.1) is 12.4 Å². The molecule has 0 rings (SSSR count). The summed E-state index contributed by atoms with van der Waals surface area (Å²) in [5.41, 5.74) is 5.41. The quantitative estimate of drug-likeness (QED) is 0.576. The predicted molar refractivity (Wildman–Crippen MR) is 61.7 cm³/mol. The van der Waals surface area contributed by atoms with Crippen molar-refractivity contribution in [1.82, 2.24) is 4.90 Å². The Bertz CT molecular complexity index is 234. The SMILES string of the molecule is COCCN(CCCN)CCS(C)(=O)=O. The Balaban J connectivity index is 3.89. The van der Waals surface area contributed by atoms with E-state index in [1.54, 1.807) is 7.11 Å². The molecular weight excluding hydrogens is 216 g/mol. The van der Waals surface area contributed by atoms with E-state index >= 15 is 0 Å². The summed E-state index contributed by atoms with van der Waals surface area (Å²) in [7, 11) is -1.25. The molecule has 0 aliphatic rings. The highest BCUT2D eigenvalue weighted by molar-refractivity contribution is 7.90. The molecule has 0 atom stereocenters. The third kappa shape index (κ3) is 10.1. The fourth-order valence-corrected chi connectivity index (χ4v) is 1.76. The minimum Gasteiger partial charge on any atom is -0.383 e. The van der Waals surface area contributed by atoms with Gasteiger partial charge in [0.25, 0.3) is 0 Å². The molecule has 92 valence electrons. The van der Waals surface area contributed by atoms with Gasteiger partial charge in [0.2, 0.25) is 0 Å². The van der Waals surface area contributed by atoms with Crippen molar-refractivity contribution in [3.05, 3.63) is 0 Å². The molecule has 0 aromatic rings. The molecule has 0 heterocycles. The van der Waals surface area contributed by atoms with Crippen molar-refractivity contribution in [2.45, 2.75) is 6.42 Å². The average molecular weight is 238 g/mol. The molecule has 0 saturated heterocycles. The Labute approximate surface area is 92.5 Å². The second-order valence-electron chi connectivity index (χ2n) is 3.61. The van der Waals surface area contributed by atoms with Gasteiger partial charge in [-0.2, -0.15) is 0 Å². The van der Waals surface area contributed by atoms with Crippen molar-refractivity contribution in [2.24, 2.45) is 5.73 Å². The molecular formula is C9H22N2O3S.